The number of likely N-dealkylation sites (N-methyl/N-ethyl adjacent to an activating group) is 1. The predicted molar refractivity (Wildman–Crippen MR) is 183 cm³/mol. The summed E-state index contributed by atoms with van der Waals surface area (Å²) in [6.07, 6.45) is 5.63. The minimum atomic E-state index is -0.250. The smallest absolute Gasteiger partial charge is 0.320 e. The molecule has 47 heavy (non-hydrogen) atoms. The molecule has 2 aliphatic rings. The van der Waals surface area contributed by atoms with E-state index in [1.165, 1.54) is 0 Å². The zero-order valence-electron chi connectivity index (χ0n) is 28.6. The van der Waals surface area contributed by atoms with Crippen molar-refractivity contribution in [1.29, 1.82) is 0 Å². The summed E-state index contributed by atoms with van der Waals surface area (Å²) in [6, 6.07) is 13.7. The summed E-state index contributed by atoms with van der Waals surface area (Å²) in [6.45, 7) is 11.0. The molecule has 4 heterocycles. The van der Waals surface area contributed by atoms with Gasteiger partial charge in [-0.25, -0.2) is 4.79 Å². The van der Waals surface area contributed by atoms with Crippen LogP contribution in [0.25, 0.3) is 5.65 Å². The number of pyridine rings is 1. The minimum absolute atomic E-state index is 0.106. The summed E-state index contributed by atoms with van der Waals surface area (Å²) in [7, 11) is 5.77. The first kappa shape index (κ1) is 32.8. The minimum Gasteiger partial charge on any atom is -0.484 e. The van der Waals surface area contributed by atoms with E-state index >= 15 is 0 Å². The van der Waals surface area contributed by atoms with Gasteiger partial charge in [-0.05, 0) is 61.9 Å². The highest BCUT2D eigenvalue weighted by Gasteiger charge is 2.30. The molecule has 4 aromatic rings. The van der Waals surface area contributed by atoms with Gasteiger partial charge in [-0.2, -0.15) is 5.10 Å². The Labute approximate surface area is 277 Å². The fourth-order valence-electron chi connectivity index (χ4n) is 6.69. The first-order valence-corrected chi connectivity index (χ1v) is 16.7. The van der Waals surface area contributed by atoms with E-state index in [-0.39, 0.29) is 23.6 Å². The quantitative estimate of drug-likeness (QED) is 0.238. The van der Waals surface area contributed by atoms with E-state index in [0.717, 1.165) is 92.6 Å². The normalized spacial score (nSPS) is 18.8. The zero-order chi connectivity index (χ0) is 33.1. The number of benzene rings is 1. The number of fused-ring (bicyclic) bond motifs is 2. The number of carbonyl (C=O) groups is 1. The van der Waals surface area contributed by atoms with Crippen molar-refractivity contribution < 1.29 is 14.3 Å². The zero-order valence-corrected chi connectivity index (χ0v) is 28.6. The van der Waals surface area contributed by atoms with E-state index in [0.29, 0.717) is 11.7 Å². The Hall–Kier alpha value is -4.16. The van der Waals surface area contributed by atoms with Crippen LogP contribution in [0.15, 0.2) is 48.7 Å². The molecule has 1 aliphatic carbocycles. The fraction of sp³-hybridized carbons (Fsp3) is 0.543. The van der Waals surface area contributed by atoms with Gasteiger partial charge in [0.25, 0.3) is 0 Å². The van der Waals surface area contributed by atoms with Crippen molar-refractivity contribution in [3.63, 3.8) is 0 Å². The highest BCUT2D eigenvalue weighted by atomic mass is 16.5. The number of methoxy groups -OCH3 is 1. The molecule has 2 amide bonds. The van der Waals surface area contributed by atoms with Gasteiger partial charge in [0.1, 0.15) is 17.7 Å². The average molecular weight is 644 g/mol. The van der Waals surface area contributed by atoms with Crippen molar-refractivity contribution in [2.24, 2.45) is 13.0 Å². The number of ether oxygens (including phenoxy) is 2. The maximum atomic E-state index is 13.1. The lowest BCUT2D eigenvalue weighted by Crippen LogP contribution is -2.39. The third-order valence-corrected chi connectivity index (χ3v) is 9.41. The van der Waals surface area contributed by atoms with Crippen molar-refractivity contribution in [1.82, 2.24) is 34.6 Å². The van der Waals surface area contributed by atoms with Crippen LogP contribution in [0, 0.1) is 5.92 Å². The molecule has 12 nitrogen and oxygen atoms in total. The number of aryl methyl sites for hydroxylation is 1. The Morgan fingerprint density at radius 3 is 2.53 bits per heavy atom. The molecular formula is C35H49N9O3. The lowest BCUT2D eigenvalue weighted by atomic mass is 9.85. The second kappa shape index (κ2) is 13.9. The van der Waals surface area contributed by atoms with Gasteiger partial charge in [-0.15, -0.1) is 10.2 Å². The maximum absolute atomic E-state index is 13.1. The van der Waals surface area contributed by atoms with Crippen LogP contribution in [-0.4, -0.2) is 82.3 Å². The van der Waals surface area contributed by atoms with Gasteiger partial charge in [0.15, 0.2) is 5.65 Å². The molecule has 1 aliphatic heterocycles. The number of urea groups is 1. The second-order valence-electron chi connectivity index (χ2n) is 14.0. The van der Waals surface area contributed by atoms with E-state index in [9.17, 15) is 4.79 Å². The number of piperidine rings is 1. The van der Waals surface area contributed by atoms with Crippen LogP contribution in [0.2, 0.25) is 0 Å². The molecule has 252 valence electrons. The highest BCUT2D eigenvalue weighted by molar-refractivity contribution is 5.88. The number of hydrogen-bond acceptors (Lipinski definition) is 8. The summed E-state index contributed by atoms with van der Waals surface area (Å²) in [5, 5.41) is 19.8. The van der Waals surface area contributed by atoms with Crippen molar-refractivity contribution in [2.75, 3.05) is 57.2 Å². The Balaban J connectivity index is 1.10. The van der Waals surface area contributed by atoms with Gasteiger partial charge >= 0.3 is 6.03 Å². The molecule has 12 heteroatoms. The second-order valence-corrected chi connectivity index (χ2v) is 14.0. The summed E-state index contributed by atoms with van der Waals surface area (Å²) in [5.41, 5.74) is 3.78. The number of anilines is 2. The number of aromatic nitrogens is 5. The van der Waals surface area contributed by atoms with Crippen molar-refractivity contribution in [3.8, 4) is 5.75 Å². The molecular weight excluding hydrogens is 594 g/mol. The van der Waals surface area contributed by atoms with Gasteiger partial charge in [0.2, 0.25) is 5.95 Å². The standard InChI is InChI=1S/C35H49N9O3/c1-35(2,3)30-21-32(42(5)40-30)37-33(45)36-28-12-13-29(27-10-8-7-9-26(27)28)47-25-11-14-31-38-39-34(44(31)23-25)43-17-15-24(16-18-43)22-41(4)19-20-46-6/h7-11,14,21,23-24,28-29H,12-13,15-20,22H2,1-6H3,(H2,36,37,45)/t28-,29+/m0/s1. The number of nitrogens with one attached hydrogen (secondary N) is 2. The molecule has 1 fully saturated rings. The monoisotopic (exact) mass is 643 g/mol. The van der Waals surface area contributed by atoms with Gasteiger partial charge in [0, 0.05) is 51.8 Å². The van der Waals surface area contributed by atoms with Gasteiger partial charge in [0.05, 0.1) is 24.5 Å². The molecule has 2 N–H and O–H groups in total. The lowest BCUT2D eigenvalue weighted by molar-refractivity contribution is 0.148. The van der Waals surface area contributed by atoms with Crippen LogP contribution < -0.4 is 20.3 Å². The van der Waals surface area contributed by atoms with Crippen LogP contribution in [0.1, 0.15) is 75.4 Å². The van der Waals surface area contributed by atoms with E-state index < -0.39 is 0 Å². The van der Waals surface area contributed by atoms with E-state index in [4.69, 9.17) is 9.47 Å². The summed E-state index contributed by atoms with van der Waals surface area (Å²) in [4.78, 5) is 17.8. The van der Waals surface area contributed by atoms with Crippen LogP contribution >= 0.6 is 0 Å². The van der Waals surface area contributed by atoms with Crippen molar-refractivity contribution in [3.05, 3.63) is 65.5 Å². The summed E-state index contributed by atoms with van der Waals surface area (Å²) < 4.78 is 15.6. The van der Waals surface area contributed by atoms with Crippen LogP contribution in [0.4, 0.5) is 16.6 Å². The topological polar surface area (TPSA) is 114 Å². The average Bonchev–Trinajstić information content (AvgIpc) is 3.64. The molecule has 0 spiro atoms. The molecule has 2 atom stereocenters. The lowest BCUT2D eigenvalue weighted by Gasteiger charge is -2.34. The SMILES string of the molecule is COCCN(C)CC1CCN(c2nnc3ccc(O[C@@H]4CC[C@H](NC(=O)Nc5cc(C(C)(C)C)nn5C)c5ccccc54)cn23)CC1. The predicted octanol–water partition coefficient (Wildman–Crippen LogP) is 5.33. The van der Waals surface area contributed by atoms with Crippen LogP contribution in [0.3, 0.4) is 0 Å². The third-order valence-electron chi connectivity index (χ3n) is 9.41. The number of amides is 2. The number of hydrogen-bond donors (Lipinski definition) is 2. The Bertz CT molecular complexity index is 1670. The molecule has 1 saturated heterocycles. The van der Waals surface area contributed by atoms with E-state index in [1.54, 1.807) is 11.8 Å². The largest absolute Gasteiger partial charge is 0.484 e. The Kier molecular flexibility index (Phi) is 9.70. The molecule has 0 saturated carbocycles. The van der Waals surface area contributed by atoms with Crippen LogP contribution in [0.5, 0.6) is 5.75 Å². The first-order valence-electron chi connectivity index (χ1n) is 16.7. The molecule has 0 bridgehead atoms. The molecule has 3 aromatic heterocycles. The number of carbonyl (C=O) groups excluding carboxylic acids is 1. The Morgan fingerprint density at radius 1 is 1.04 bits per heavy atom. The van der Waals surface area contributed by atoms with Gasteiger partial charge < -0.3 is 24.6 Å². The first-order chi connectivity index (χ1) is 22.6. The summed E-state index contributed by atoms with van der Waals surface area (Å²) in [5.74, 6) is 2.96. The van der Waals surface area contributed by atoms with Crippen molar-refractivity contribution >= 4 is 23.4 Å². The summed E-state index contributed by atoms with van der Waals surface area (Å²) >= 11 is 0. The van der Waals surface area contributed by atoms with E-state index in [1.807, 2.05) is 48.0 Å². The number of rotatable bonds is 10. The molecule has 6 rings (SSSR count). The Morgan fingerprint density at radius 2 is 1.81 bits per heavy atom. The van der Waals surface area contributed by atoms with Gasteiger partial charge in [-0.1, -0.05) is 45.0 Å². The van der Waals surface area contributed by atoms with E-state index in [2.05, 4.69) is 75.7 Å². The maximum Gasteiger partial charge on any atom is 0.320 e. The fourth-order valence-corrected chi connectivity index (χ4v) is 6.69. The molecule has 0 radical (unpaired) electrons. The van der Waals surface area contributed by atoms with Crippen molar-refractivity contribution in [2.45, 2.75) is 64.0 Å². The number of nitrogens with zero attached hydrogens (tertiary/aromatic N) is 7. The highest BCUT2D eigenvalue weighted by Crippen LogP contribution is 2.39. The van der Waals surface area contributed by atoms with Crippen LogP contribution in [-0.2, 0) is 17.2 Å². The molecule has 1 aromatic carbocycles. The molecule has 0 unspecified atom stereocenters. The third kappa shape index (κ3) is 7.54. The van der Waals surface area contributed by atoms with Gasteiger partial charge in [-0.3, -0.25) is 14.4 Å².